The molecule has 1 unspecified atom stereocenters. The van der Waals surface area contributed by atoms with E-state index in [1.807, 2.05) is 6.42 Å². The second-order valence-electron chi connectivity index (χ2n) is 2.03. The molecule has 2 nitrogen and oxygen atoms in total. The number of unbranched alkanes of at least 4 members (excludes halogenated alkanes) is 3. The maximum atomic E-state index is 10.1. The van der Waals surface area contributed by atoms with Crippen molar-refractivity contribution in [1.29, 1.82) is 0 Å². The van der Waals surface area contributed by atoms with E-state index in [1.54, 1.807) is 0 Å². The van der Waals surface area contributed by atoms with Gasteiger partial charge in [-0.05, 0) is 12.8 Å². The Labute approximate surface area is 57.1 Å². The lowest BCUT2D eigenvalue weighted by Crippen LogP contribution is -1.80. The van der Waals surface area contributed by atoms with E-state index in [0.717, 1.165) is 19.3 Å². The minimum Gasteiger partial charge on any atom is -0.346 e. The molecule has 0 spiro atoms. The van der Waals surface area contributed by atoms with Gasteiger partial charge in [0.05, 0.1) is 0 Å². The quantitative estimate of drug-likeness (QED) is 0.478. The zero-order chi connectivity index (χ0) is 7.11. The second kappa shape index (κ2) is 6.31. The summed E-state index contributed by atoms with van der Waals surface area (Å²) in [5.41, 5.74) is 0. The Balaban J connectivity index is 2.83. The van der Waals surface area contributed by atoms with Crippen LogP contribution in [-0.2, 0) is 4.57 Å². The summed E-state index contributed by atoms with van der Waals surface area (Å²) in [4.78, 5) is 8.37. The third kappa shape index (κ3) is 8.19. The summed E-state index contributed by atoms with van der Waals surface area (Å²) in [7, 11) is -2.22. The van der Waals surface area contributed by atoms with Crippen LogP contribution in [0.2, 0.25) is 0 Å². The Morgan fingerprint density at radius 2 is 2.33 bits per heavy atom. The van der Waals surface area contributed by atoms with Crippen molar-refractivity contribution in [1.82, 2.24) is 0 Å². The minimum absolute atomic E-state index is 0.394. The van der Waals surface area contributed by atoms with Gasteiger partial charge in [0.15, 0.2) is 8.03 Å². The van der Waals surface area contributed by atoms with Crippen molar-refractivity contribution in [2.24, 2.45) is 0 Å². The molecule has 0 heterocycles. The molecule has 0 aliphatic carbocycles. The molecule has 1 atom stereocenters. The van der Waals surface area contributed by atoms with Crippen molar-refractivity contribution in [2.75, 3.05) is 6.16 Å². The number of hydrogen-bond donors (Lipinski definition) is 1. The smallest absolute Gasteiger partial charge is 0.189 e. The third-order valence-electron chi connectivity index (χ3n) is 1.08. The van der Waals surface area contributed by atoms with Gasteiger partial charge in [0, 0.05) is 6.16 Å². The highest BCUT2D eigenvalue weighted by molar-refractivity contribution is 7.38. The molecule has 0 saturated carbocycles. The molecule has 0 bridgehead atoms. The van der Waals surface area contributed by atoms with Gasteiger partial charge in [-0.3, -0.25) is 4.57 Å². The fraction of sp³-hybridized carbons (Fsp3) is 0.833. The first-order valence-electron chi connectivity index (χ1n) is 3.30. The van der Waals surface area contributed by atoms with E-state index in [-0.39, 0.29) is 0 Å². The summed E-state index contributed by atoms with van der Waals surface area (Å²) in [6, 6.07) is 0. The molecule has 0 aromatic rings. The van der Waals surface area contributed by atoms with Gasteiger partial charge in [-0.1, -0.05) is 19.8 Å². The van der Waals surface area contributed by atoms with Gasteiger partial charge >= 0.3 is 0 Å². The van der Waals surface area contributed by atoms with Crippen LogP contribution < -0.4 is 0 Å². The molecule has 9 heavy (non-hydrogen) atoms. The maximum Gasteiger partial charge on any atom is 0.189 e. The number of hydrogen-bond acceptors (Lipinski definition) is 1. The van der Waals surface area contributed by atoms with Crippen molar-refractivity contribution in [3.8, 4) is 0 Å². The summed E-state index contributed by atoms with van der Waals surface area (Å²) >= 11 is 0. The van der Waals surface area contributed by atoms with Gasteiger partial charge in [-0.25, -0.2) is 0 Å². The second-order valence-corrected chi connectivity index (χ2v) is 3.22. The lowest BCUT2D eigenvalue weighted by atomic mass is 10.2. The lowest BCUT2D eigenvalue weighted by Gasteiger charge is -1.93. The highest BCUT2D eigenvalue weighted by atomic mass is 31.1. The average molecular weight is 149 g/mol. The average Bonchev–Trinajstić information content (AvgIpc) is 1.80. The number of rotatable bonds is 5. The molecule has 0 saturated heterocycles. The fourth-order valence-electron chi connectivity index (χ4n) is 0.574. The van der Waals surface area contributed by atoms with Gasteiger partial charge in [-0.2, -0.15) is 0 Å². The van der Waals surface area contributed by atoms with Crippen LogP contribution in [0.4, 0.5) is 0 Å². The predicted octanol–water partition coefficient (Wildman–Crippen LogP) is 1.85. The summed E-state index contributed by atoms with van der Waals surface area (Å²) < 4.78 is 10.1. The Kier molecular flexibility index (Phi) is 6.45. The van der Waals surface area contributed by atoms with E-state index < -0.39 is 8.03 Å². The highest BCUT2D eigenvalue weighted by Gasteiger charge is 1.91. The SMILES string of the molecule is CCCC[CH]C[PH](=O)O. The molecule has 1 N–H and O–H groups in total. The van der Waals surface area contributed by atoms with E-state index >= 15 is 0 Å². The van der Waals surface area contributed by atoms with Gasteiger partial charge in [-0.15, -0.1) is 0 Å². The van der Waals surface area contributed by atoms with Crippen LogP contribution in [-0.4, -0.2) is 11.1 Å². The van der Waals surface area contributed by atoms with Crippen molar-refractivity contribution >= 4 is 8.03 Å². The molecule has 0 aromatic carbocycles. The first-order chi connectivity index (χ1) is 4.27. The Bertz CT molecular complexity index is 83.1. The molecular weight excluding hydrogens is 135 g/mol. The maximum absolute atomic E-state index is 10.1. The van der Waals surface area contributed by atoms with Crippen LogP contribution in [0.3, 0.4) is 0 Å². The van der Waals surface area contributed by atoms with Crippen LogP contribution in [0, 0.1) is 6.42 Å². The van der Waals surface area contributed by atoms with Gasteiger partial charge < -0.3 is 4.89 Å². The summed E-state index contributed by atoms with van der Waals surface area (Å²) in [6.45, 7) is 2.11. The summed E-state index contributed by atoms with van der Waals surface area (Å²) in [5, 5.41) is 0. The molecule has 0 amide bonds. The van der Waals surface area contributed by atoms with Crippen molar-refractivity contribution < 1.29 is 9.46 Å². The van der Waals surface area contributed by atoms with E-state index in [0.29, 0.717) is 6.16 Å². The topological polar surface area (TPSA) is 37.3 Å². The Morgan fingerprint density at radius 1 is 1.67 bits per heavy atom. The van der Waals surface area contributed by atoms with Crippen LogP contribution in [0.1, 0.15) is 26.2 Å². The highest BCUT2D eigenvalue weighted by Crippen LogP contribution is 2.14. The van der Waals surface area contributed by atoms with Crippen LogP contribution >= 0.6 is 8.03 Å². The largest absolute Gasteiger partial charge is 0.346 e. The third-order valence-corrected chi connectivity index (χ3v) is 1.72. The predicted molar refractivity (Wildman–Crippen MR) is 39.9 cm³/mol. The fourth-order valence-corrected chi connectivity index (χ4v) is 1.03. The Hall–Kier alpha value is 0.190. The van der Waals surface area contributed by atoms with E-state index in [9.17, 15) is 4.57 Å². The molecule has 0 fully saturated rings. The lowest BCUT2D eigenvalue weighted by molar-refractivity contribution is 0.504. The zero-order valence-corrected chi connectivity index (χ0v) is 6.76. The monoisotopic (exact) mass is 149 g/mol. The van der Waals surface area contributed by atoms with Crippen LogP contribution in [0.15, 0.2) is 0 Å². The minimum atomic E-state index is -2.22. The zero-order valence-electron chi connectivity index (χ0n) is 5.76. The molecule has 0 aliphatic rings. The van der Waals surface area contributed by atoms with Crippen molar-refractivity contribution in [2.45, 2.75) is 26.2 Å². The van der Waals surface area contributed by atoms with E-state index in [4.69, 9.17) is 4.89 Å². The molecule has 55 valence electrons. The van der Waals surface area contributed by atoms with Gasteiger partial charge in [0.1, 0.15) is 0 Å². The summed E-state index contributed by atoms with van der Waals surface area (Å²) in [5.74, 6) is 0. The summed E-state index contributed by atoms with van der Waals surface area (Å²) in [6.07, 6.45) is 5.56. The van der Waals surface area contributed by atoms with Crippen molar-refractivity contribution in [3.63, 3.8) is 0 Å². The Morgan fingerprint density at radius 3 is 2.78 bits per heavy atom. The first-order valence-corrected chi connectivity index (χ1v) is 4.87. The van der Waals surface area contributed by atoms with Gasteiger partial charge in [0.25, 0.3) is 0 Å². The first kappa shape index (κ1) is 9.19. The molecule has 0 aliphatic heterocycles. The normalized spacial score (nSPS) is 13.6. The van der Waals surface area contributed by atoms with E-state index in [1.165, 1.54) is 0 Å². The molecule has 1 radical (unpaired) electrons. The molecule has 0 aromatic heterocycles. The van der Waals surface area contributed by atoms with Crippen molar-refractivity contribution in [3.05, 3.63) is 6.42 Å². The molecule has 0 rings (SSSR count). The van der Waals surface area contributed by atoms with Crippen LogP contribution in [0.25, 0.3) is 0 Å². The van der Waals surface area contributed by atoms with Gasteiger partial charge in [0.2, 0.25) is 0 Å². The van der Waals surface area contributed by atoms with Crippen LogP contribution in [0.5, 0.6) is 0 Å². The molecular formula is C6H14O2P. The standard InChI is InChI=1S/C6H14O2P/c1-2-3-4-5-6-9(7)8/h5,9H,2-4,6H2,1H3,(H,7,8). The molecule has 3 heteroatoms. The van der Waals surface area contributed by atoms with E-state index in [2.05, 4.69) is 6.92 Å².